The van der Waals surface area contributed by atoms with E-state index in [1.165, 1.54) is 17.8 Å². The van der Waals surface area contributed by atoms with Gasteiger partial charge in [0, 0.05) is 36.0 Å². The van der Waals surface area contributed by atoms with Crippen LogP contribution in [0.2, 0.25) is 0 Å². The van der Waals surface area contributed by atoms with Crippen molar-refractivity contribution in [3.05, 3.63) is 82.7 Å². The number of fused-ring (bicyclic) bond motifs is 1. The fourth-order valence-corrected chi connectivity index (χ4v) is 3.36. The second-order valence-corrected chi connectivity index (χ2v) is 6.30. The zero-order valence-electron chi connectivity index (χ0n) is 14.6. The van der Waals surface area contributed by atoms with Crippen LogP contribution >= 0.6 is 0 Å². The average molecular weight is 364 g/mol. The molecule has 3 heterocycles. The summed E-state index contributed by atoms with van der Waals surface area (Å²) in [6.07, 6.45) is 7.25. The van der Waals surface area contributed by atoms with Crippen LogP contribution in [0, 0.1) is 0 Å². The Labute approximate surface area is 155 Å². The summed E-state index contributed by atoms with van der Waals surface area (Å²) in [7, 11) is 0. The number of aromatic nitrogens is 2. The number of pyridine rings is 1. The van der Waals surface area contributed by atoms with Gasteiger partial charge in [0.25, 0.3) is 5.56 Å². The Morgan fingerprint density at radius 1 is 1.15 bits per heavy atom. The molecule has 0 amide bonds. The molecule has 1 atom stereocenters. The monoisotopic (exact) mass is 364 g/mol. The van der Waals surface area contributed by atoms with E-state index in [4.69, 9.17) is 4.74 Å². The number of aliphatic hydroxyl groups excluding tert-OH is 1. The number of benzene rings is 1. The first kappa shape index (κ1) is 17.1. The number of nitrogens with zero attached hydrogens (tertiary/aromatic N) is 1. The topological polar surface area (TPSA) is 102 Å². The van der Waals surface area contributed by atoms with Gasteiger partial charge in [-0.2, -0.15) is 0 Å². The quantitative estimate of drug-likeness (QED) is 0.554. The molecule has 138 valence electrons. The summed E-state index contributed by atoms with van der Waals surface area (Å²) in [5.41, 5.74) is 0.879. The van der Waals surface area contributed by atoms with Crippen LogP contribution in [0.1, 0.15) is 11.1 Å². The van der Waals surface area contributed by atoms with Gasteiger partial charge in [0.2, 0.25) is 5.60 Å². The summed E-state index contributed by atoms with van der Waals surface area (Å²) in [5, 5.41) is 14.3. The van der Waals surface area contributed by atoms with E-state index >= 15 is 0 Å². The van der Waals surface area contributed by atoms with Gasteiger partial charge in [0.05, 0.1) is 12.2 Å². The molecule has 1 aliphatic heterocycles. The van der Waals surface area contributed by atoms with Gasteiger partial charge in [0.1, 0.15) is 6.26 Å². The third kappa shape index (κ3) is 3.02. The molecule has 0 spiro atoms. The SMILES string of the molecule is O=c1[nH]cccc1[C@@]1(CO)OC=CNC1=NCCc1c[nH]c2ccccc12. The van der Waals surface area contributed by atoms with E-state index in [1.54, 1.807) is 18.3 Å². The largest absolute Gasteiger partial charge is 0.478 e. The number of H-pyrrole nitrogens is 2. The van der Waals surface area contributed by atoms with Crippen molar-refractivity contribution in [2.24, 2.45) is 4.99 Å². The molecule has 7 nitrogen and oxygen atoms in total. The Hall–Kier alpha value is -3.32. The molecule has 2 aromatic heterocycles. The van der Waals surface area contributed by atoms with Crippen molar-refractivity contribution >= 4 is 16.7 Å². The van der Waals surface area contributed by atoms with Gasteiger partial charge >= 0.3 is 0 Å². The number of hydrogen-bond donors (Lipinski definition) is 4. The highest BCUT2D eigenvalue weighted by molar-refractivity contribution is 5.93. The second kappa shape index (κ2) is 7.13. The Morgan fingerprint density at radius 3 is 2.89 bits per heavy atom. The van der Waals surface area contributed by atoms with E-state index in [2.05, 4.69) is 26.3 Å². The number of aliphatic hydroxyl groups is 1. The maximum atomic E-state index is 12.3. The minimum Gasteiger partial charge on any atom is -0.478 e. The van der Waals surface area contributed by atoms with Crippen molar-refractivity contribution in [2.45, 2.75) is 12.0 Å². The predicted molar refractivity (Wildman–Crippen MR) is 103 cm³/mol. The molecule has 1 aromatic carbocycles. The van der Waals surface area contributed by atoms with Gasteiger partial charge in [0.15, 0.2) is 5.84 Å². The smallest absolute Gasteiger partial charge is 0.255 e. The predicted octanol–water partition coefficient (Wildman–Crippen LogP) is 1.78. The summed E-state index contributed by atoms with van der Waals surface area (Å²) in [5.74, 6) is 0.407. The number of hydrogen-bond acceptors (Lipinski definition) is 4. The van der Waals surface area contributed by atoms with Crippen molar-refractivity contribution in [3.8, 4) is 0 Å². The molecule has 3 aromatic rings. The first-order chi connectivity index (χ1) is 13.2. The number of para-hydroxylation sites is 1. The molecule has 0 unspecified atom stereocenters. The molecule has 0 fully saturated rings. The number of amidine groups is 1. The molecule has 1 aliphatic rings. The Balaban J connectivity index is 1.63. The number of rotatable bonds is 5. The molecule has 0 saturated heterocycles. The molecular weight excluding hydrogens is 344 g/mol. The van der Waals surface area contributed by atoms with Crippen LogP contribution in [0.4, 0.5) is 0 Å². The van der Waals surface area contributed by atoms with Crippen molar-refractivity contribution in [1.29, 1.82) is 0 Å². The van der Waals surface area contributed by atoms with Gasteiger partial charge in [-0.05, 0) is 30.2 Å². The van der Waals surface area contributed by atoms with Gasteiger partial charge in [-0.1, -0.05) is 18.2 Å². The van der Waals surface area contributed by atoms with Crippen LogP contribution < -0.4 is 10.9 Å². The maximum Gasteiger partial charge on any atom is 0.255 e. The van der Waals surface area contributed by atoms with Gasteiger partial charge in [-0.25, -0.2) is 0 Å². The third-order valence-electron chi connectivity index (χ3n) is 4.74. The van der Waals surface area contributed by atoms with Crippen LogP contribution in [0.25, 0.3) is 10.9 Å². The molecule has 0 saturated carbocycles. The van der Waals surface area contributed by atoms with E-state index < -0.39 is 12.2 Å². The minimum atomic E-state index is -1.34. The first-order valence-corrected chi connectivity index (χ1v) is 8.73. The number of aliphatic imine (C=N–C) groups is 1. The average Bonchev–Trinajstić information content (AvgIpc) is 3.12. The summed E-state index contributed by atoms with van der Waals surface area (Å²) in [6, 6.07) is 11.4. The van der Waals surface area contributed by atoms with Crippen LogP contribution in [0.3, 0.4) is 0 Å². The van der Waals surface area contributed by atoms with Gasteiger partial charge in [-0.15, -0.1) is 0 Å². The molecule has 0 bridgehead atoms. The lowest BCUT2D eigenvalue weighted by Gasteiger charge is -2.34. The van der Waals surface area contributed by atoms with E-state index in [1.807, 2.05) is 24.4 Å². The van der Waals surface area contributed by atoms with Crippen molar-refractivity contribution in [3.63, 3.8) is 0 Å². The lowest BCUT2D eigenvalue weighted by Crippen LogP contribution is -2.52. The summed E-state index contributed by atoms with van der Waals surface area (Å²) >= 11 is 0. The zero-order chi connectivity index (χ0) is 18.7. The van der Waals surface area contributed by atoms with Crippen molar-refractivity contribution < 1.29 is 9.84 Å². The normalized spacial score (nSPS) is 20.6. The standard InChI is InChI=1S/C20H20N4O3/c25-13-20(16-5-3-8-21-18(16)26)19(23-10-11-27-20)22-9-7-14-12-24-17-6-2-1-4-15(14)17/h1-6,8,10-12,24-25H,7,9,13H2,(H,21,26)(H,22,23)/t20-/m1/s1. The fourth-order valence-electron chi connectivity index (χ4n) is 3.36. The van der Waals surface area contributed by atoms with Gasteiger partial charge < -0.3 is 25.1 Å². The minimum absolute atomic E-state index is 0.301. The third-order valence-corrected chi connectivity index (χ3v) is 4.74. The summed E-state index contributed by atoms with van der Waals surface area (Å²) < 4.78 is 5.70. The number of aromatic amines is 2. The Kier molecular flexibility index (Phi) is 4.52. The highest BCUT2D eigenvalue weighted by Gasteiger charge is 2.42. The molecule has 4 N–H and O–H groups in total. The fraction of sp³-hybridized carbons (Fsp3) is 0.200. The van der Waals surface area contributed by atoms with E-state index in [0.717, 1.165) is 11.1 Å². The van der Waals surface area contributed by atoms with Crippen LogP contribution in [0.15, 0.2) is 71.0 Å². The first-order valence-electron chi connectivity index (χ1n) is 8.73. The molecule has 27 heavy (non-hydrogen) atoms. The van der Waals surface area contributed by atoms with Crippen LogP contribution in [0.5, 0.6) is 0 Å². The van der Waals surface area contributed by atoms with E-state index in [-0.39, 0.29) is 5.56 Å². The Morgan fingerprint density at radius 2 is 2.04 bits per heavy atom. The lowest BCUT2D eigenvalue weighted by molar-refractivity contribution is 0.0174. The van der Waals surface area contributed by atoms with Crippen LogP contribution in [-0.4, -0.2) is 34.1 Å². The van der Waals surface area contributed by atoms with E-state index in [0.29, 0.717) is 24.4 Å². The molecular formula is C20H20N4O3. The van der Waals surface area contributed by atoms with Crippen molar-refractivity contribution in [2.75, 3.05) is 13.2 Å². The lowest BCUT2D eigenvalue weighted by atomic mass is 9.93. The van der Waals surface area contributed by atoms with Gasteiger partial charge in [-0.3, -0.25) is 9.79 Å². The highest BCUT2D eigenvalue weighted by atomic mass is 16.5. The van der Waals surface area contributed by atoms with Crippen molar-refractivity contribution in [1.82, 2.24) is 15.3 Å². The van der Waals surface area contributed by atoms with E-state index in [9.17, 15) is 9.90 Å². The number of ether oxygens (including phenoxy) is 1. The zero-order valence-corrected chi connectivity index (χ0v) is 14.6. The number of nitrogens with one attached hydrogen (secondary N) is 3. The van der Waals surface area contributed by atoms with Crippen LogP contribution in [-0.2, 0) is 16.8 Å². The highest BCUT2D eigenvalue weighted by Crippen LogP contribution is 2.27. The maximum absolute atomic E-state index is 12.3. The molecule has 0 radical (unpaired) electrons. The molecule has 7 heteroatoms. The Bertz CT molecular complexity index is 1070. The summed E-state index contributed by atoms with van der Waals surface area (Å²) in [6.45, 7) is 0.0667. The second-order valence-electron chi connectivity index (χ2n) is 6.30. The summed E-state index contributed by atoms with van der Waals surface area (Å²) in [4.78, 5) is 22.8. The molecule has 0 aliphatic carbocycles. The molecule has 4 rings (SSSR count).